The summed E-state index contributed by atoms with van der Waals surface area (Å²) in [5.74, 6) is 0. The van der Waals surface area contributed by atoms with Crippen LogP contribution in [0.5, 0.6) is 0 Å². The van der Waals surface area contributed by atoms with E-state index in [2.05, 4.69) is 87.3 Å². The van der Waals surface area contributed by atoms with Gasteiger partial charge in [-0.3, -0.25) is 0 Å². The minimum Gasteiger partial charge on any atom is -0.330 e. The maximum Gasteiger partial charge on any atom is 0.0951 e. The molecular weight excluding hydrogens is 316 g/mol. The summed E-state index contributed by atoms with van der Waals surface area (Å²) < 4.78 is 2.23. The zero-order valence-corrected chi connectivity index (χ0v) is 16.9. The van der Waals surface area contributed by atoms with Gasteiger partial charge in [0, 0.05) is 12.4 Å². The van der Waals surface area contributed by atoms with Crippen LogP contribution in [-0.2, 0) is 0 Å². The number of allylic oxidation sites excluding steroid dienone is 11. The van der Waals surface area contributed by atoms with E-state index in [1.165, 1.54) is 35.1 Å². The van der Waals surface area contributed by atoms with Gasteiger partial charge in [-0.25, -0.2) is 4.98 Å². The van der Waals surface area contributed by atoms with E-state index < -0.39 is 0 Å². The highest BCUT2D eigenvalue weighted by Gasteiger charge is 2.32. The van der Waals surface area contributed by atoms with E-state index in [9.17, 15) is 0 Å². The molecule has 0 saturated carbocycles. The number of hydrogen-bond donors (Lipinski definition) is 0. The molecule has 0 amide bonds. The molecule has 138 valence electrons. The van der Waals surface area contributed by atoms with Crippen LogP contribution in [0.15, 0.2) is 90.1 Å². The molecule has 1 atom stereocenters. The molecule has 1 heterocycles. The zero-order valence-electron chi connectivity index (χ0n) is 16.9. The lowest BCUT2D eigenvalue weighted by molar-refractivity contribution is 0.327. The van der Waals surface area contributed by atoms with Crippen molar-refractivity contribution in [1.29, 1.82) is 0 Å². The van der Waals surface area contributed by atoms with Crippen LogP contribution in [0.1, 0.15) is 53.5 Å². The van der Waals surface area contributed by atoms with Crippen LogP contribution < -0.4 is 0 Å². The zero-order chi connectivity index (χ0) is 19.2. The van der Waals surface area contributed by atoms with Crippen molar-refractivity contribution in [3.63, 3.8) is 0 Å². The molecule has 0 fully saturated rings. The Bertz CT molecular complexity index is 765. The van der Waals surface area contributed by atoms with E-state index in [0.717, 1.165) is 0 Å². The van der Waals surface area contributed by atoms with Crippen molar-refractivity contribution in [2.75, 3.05) is 0 Å². The molecule has 0 saturated heterocycles. The fourth-order valence-corrected chi connectivity index (χ4v) is 3.61. The maximum atomic E-state index is 4.22. The molecule has 0 N–H and O–H groups in total. The molecule has 0 radical (unpaired) electrons. The first-order chi connectivity index (χ1) is 12.3. The van der Waals surface area contributed by atoms with E-state index in [-0.39, 0.29) is 5.41 Å². The minimum atomic E-state index is 0.205. The molecule has 2 nitrogen and oxygen atoms in total. The van der Waals surface area contributed by atoms with Gasteiger partial charge in [0.05, 0.1) is 12.4 Å². The molecule has 1 aliphatic rings. The summed E-state index contributed by atoms with van der Waals surface area (Å²) in [6.07, 6.45) is 22.9. The van der Waals surface area contributed by atoms with Crippen molar-refractivity contribution in [1.82, 2.24) is 9.55 Å². The van der Waals surface area contributed by atoms with Crippen LogP contribution in [-0.4, -0.2) is 9.55 Å². The lowest BCUT2D eigenvalue weighted by Gasteiger charge is -2.37. The number of rotatable bonds is 6. The number of aromatic nitrogens is 2. The van der Waals surface area contributed by atoms with Gasteiger partial charge >= 0.3 is 0 Å². The normalized spacial score (nSPS) is 21.8. The highest BCUT2D eigenvalue weighted by Crippen LogP contribution is 2.45. The number of hydrogen-bond acceptors (Lipinski definition) is 1. The summed E-state index contributed by atoms with van der Waals surface area (Å²) in [7, 11) is 0. The quantitative estimate of drug-likeness (QED) is 0.520. The Hall–Kier alpha value is -2.35. The average molecular weight is 349 g/mol. The third-order valence-electron chi connectivity index (χ3n) is 5.19. The van der Waals surface area contributed by atoms with Crippen molar-refractivity contribution >= 4 is 0 Å². The third kappa shape index (κ3) is 5.08. The summed E-state index contributed by atoms with van der Waals surface area (Å²) in [5, 5.41) is 0. The topological polar surface area (TPSA) is 17.8 Å². The van der Waals surface area contributed by atoms with E-state index in [0.29, 0.717) is 6.04 Å². The summed E-state index contributed by atoms with van der Waals surface area (Å²) in [6.45, 7) is 14.9. The van der Waals surface area contributed by atoms with Crippen molar-refractivity contribution in [2.45, 2.75) is 53.5 Å². The van der Waals surface area contributed by atoms with Crippen LogP contribution in [0, 0.1) is 5.41 Å². The van der Waals surface area contributed by atoms with Gasteiger partial charge in [0.1, 0.15) is 0 Å². The third-order valence-corrected chi connectivity index (χ3v) is 5.19. The summed E-state index contributed by atoms with van der Waals surface area (Å²) in [5.41, 5.74) is 5.54. The van der Waals surface area contributed by atoms with Gasteiger partial charge in [0.25, 0.3) is 0 Å². The Kier molecular flexibility index (Phi) is 6.79. The molecule has 0 aromatic carbocycles. The molecule has 0 bridgehead atoms. The Labute approximate surface area is 159 Å². The SMILES string of the molecule is C=C/C=C(C)/C=C/C=C(C)/C=C/C1=C(C)C(n2ccnc2)CCC1(C)C. The molecule has 0 spiro atoms. The number of nitrogens with zero attached hydrogens (tertiary/aromatic N) is 2. The summed E-state index contributed by atoms with van der Waals surface area (Å²) >= 11 is 0. The van der Waals surface area contributed by atoms with Crippen molar-refractivity contribution in [3.05, 3.63) is 90.1 Å². The van der Waals surface area contributed by atoms with Crippen LogP contribution in [0.3, 0.4) is 0 Å². The van der Waals surface area contributed by atoms with Gasteiger partial charge in [-0.2, -0.15) is 0 Å². The van der Waals surface area contributed by atoms with Crippen LogP contribution in [0.4, 0.5) is 0 Å². The largest absolute Gasteiger partial charge is 0.330 e. The van der Waals surface area contributed by atoms with Gasteiger partial charge < -0.3 is 4.57 Å². The molecule has 2 heteroatoms. The fraction of sp³-hybridized carbons (Fsp3) is 0.375. The second-order valence-corrected chi connectivity index (χ2v) is 7.79. The van der Waals surface area contributed by atoms with E-state index in [1.807, 2.05) is 24.7 Å². The first-order valence-electron chi connectivity index (χ1n) is 9.36. The molecule has 2 rings (SSSR count). The Balaban J connectivity index is 2.23. The number of imidazole rings is 1. The fourth-order valence-electron chi connectivity index (χ4n) is 3.61. The van der Waals surface area contributed by atoms with Crippen molar-refractivity contribution in [3.8, 4) is 0 Å². The van der Waals surface area contributed by atoms with Crippen LogP contribution in [0.25, 0.3) is 0 Å². The second kappa shape index (κ2) is 8.84. The highest BCUT2D eigenvalue weighted by atomic mass is 15.1. The minimum absolute atomic E-state index is 0.205. The Morgan fingerprint density at radius 3 is 2.62 bits per heavy atom. The average Bonchev–Trinajstić information content (AvgIpc) is 3.08. The first-order valence-corrected chi connectivity index (χ1v) is 9.36. The smallest absolute Gasteiger partial charge is 0.0951 e. The van der Waals surface area contributed by atoms with Crippen LogP contribution in [0.2, 0.25) is 0 Å². The van der Waals surface area contributed by atoms with Crippen LogP contribution >= 0.6 is 0 Å². The molecule has 1 aromatic rings. The van der Waals surface area contributed by atoms with E-state index in [4.69, 9.17) is 0 Å². The molecular formula is C24H32N2. The molecule has 26 heavy (non-hydrogen) atoms. The standard InChI is InChI=1S/C24H32N2/c1-7-9-19(2)10-8-11-20(3)12-13-22-21(4)23(14-15-24(22,5)6)26-17-16-25-18-26/h7-13,16-18,23H,1,14-15H2,2-6H3/b10-8+,13-12+,19-9+,20-11+. The van der Waals surface area contributed by atoms with Gasteiger partial charge in [-0.05, 0) is 50.2 Å². The lowest BCUT2D eigenvalue weighted by atomic mass is 9.71. The van der Waals surface area contributed by atoms with Crippen molar-refractivity contribution in [2.24, 2.45) is 5.41 Å². The predicted octanol–water partition coefficient (Wildman–Crippen LogP) is 6.75. The first kappa shape index (κ1) is 20.0. The maximum absolute atomic E-state index is 4.22. The van der Waals surface area contributed by atoms with E-state index >= 15 is 0 Å². The Morgan fingerprint density at radius 2 is 1.96 bits per heavy atom. The van der Waals surface area contributed by atoms with Gasteiger partial charge in [0.2, 0.25) is 0 Å². The van der Waals surface area contributed by atoms with Crippen molar-refractivity contribution < 1.29 is 0 Å². The van der Waals surface area contributed by atoms with E-state index in [1.54, 1.807) is 0 Å². The predicted molar refractivity (Wildman–Crippen MR) is 113 cm³/mol. The Morgan fingerprint density at radius 1 is 1.23 bits per heavy atom. The molecule has 0 aliphatic heterocycles. The summed E-state index contributed by atoms with van der Waals surface area (Å²) in [6, 6.07) is 0.418. The summed E-state index contributed by atoms with van der Waals surface area (Å²) in [4.78, 5) is 4.22. The van der Waals surface area contributed by atoms with Gasteiger partial charge in [-0.15, -0.1) is 0 Å². The van der Waals surface area contributed by atoms with Gasteiger partial charge in [-0.1, -0.05) is 74.1 Å². The molecule has 1 unspecified atom stereocenters. The highest BCUT2D eigenvalue weighted by molar-refractivity contribution is 5.39. The monoisotopic (exact) mass is 348 g/mol. The van der Waals surface area contributed by atoms with Gasteiger partial charge in [0.15, 0.2) is 0 Å². The molecule has 1 aromatic heterocycles. The lowest BCUT2D eigenvalue weighted by Crippen LogP contribution is -2.25. The molecule has 1 aliphatic carbocycles. The second-order valence-electron chi connectivity index (χ2n) is 7.79.